The topological polar surface area (TPSA) is 88.0 Å². The summed E-state index contributed by atoms with van der Waals surface area (Å²) in [5.41, 5.74) is 5.94. The summed E-state index contributed by atoms with van der Waals surface area (Å²) >= 11 is 5.88. The van der Waals surface area contributed by atoms with Gasteiger partial charge in [0.25, 0.3) is 11.5 Å². The van der Waals surface area contributed by atoms with Gasteiger partial charge >= 0.3 is 0 Å². The molecule has 0 spiro atoms. The summed E-state index contributed by atoms with van der Waals surface area (Å²) in [6, 6.07) is 6.68. The van der Waals surface area contributed by atoms with Crippen LogP contribution in [0, 0.1) is 0 Å². The van der Waals surface area contributed by atoms with Crippen molar-refractivity contribution in [3.05, 3.63) is 45.3 Å². The molecule has 1 aromatic carbocycles. The van der Waals surface area contributed by atoms with Gasteiger partial charge in [-0.05, 0) is 49.3 Å². The number of fused-ring (bicyclic) bond motifs is 1. The fourth-order valence-electron chi connectivity index (χ4n) is 2.50. The molecular formula is C16H18ClN3O2. The van der Waals surface area contributed by atoms with Gasteiger partial charge in [-0.2, -0.15) is 0 Å². The maximum Gasteiger partial charge on any atom is 0.267 e. The van der Waals surface area contributed by atoms with E-state index in [1.165, 1.54) is 0 Å². The molecule has 3 rings (SSSR count). The number of nitrogens with two attached hydrogens (primary N) is 1. The molecule has 1 aliphatic rings. The van der Waals surface area contributed by atoms with Crippen LogP contribution >= 0.6 is 11.6 Å². The van der Waals surface area contributed by atoms with Crippen LogP contribution in [0.15, 0.2) is 29.1 Å². The lowest BCUT2D eigenvalue weighted by Gasteiger charge is -2.09. The first-order valence-corrected chi connectivity index (χ1v) is 7.74. The number of H-pyrrole nitrogens is 1. The Kier molecular flexibility index (Phi) is 3.93. The summed E-state index contributed by atoms with van der Waals surface area (Å²) < 4.78 is 0. The monoisotopic (exact) mass is 319 g/mol. The minimum absolute atomic E-state index is 0.00125. The number of benzene rings is 1. The fraction of sp³-hybridized carbons (Fsp3) is 0.375. The molecule has 1 saturated carbocycles. The lowest BCUT2D eigenvalue weighted by Crippen LogP contribution is -2.29. The number of aromatic nitrogens is 1. The molecule has 0 atom stereocenters. The van der Waals surface area contributed by atoms with E-state index in [4.69, 9.17) is 17.3 Å². The Morgan fingerprint density at radius 3 is 2.86 bits per heavy atom. The van der Waals surface area contributed by atoms with Crippen LogP contribution in [-0.4, -0.2) is 23.0 Å². The first-order valence-electron chi connectivity index (χ1n) is 7.37. The maximum absolute atomic E-state index is 12.1. The van der Waals surface area contributed by atoms with E-state index < -0.39 is 0 Å². The molecule has 4 N–H and O–H groups in total. The van der Waals surface area contributed by atoms with Crippen LogP contribution in [-0.2, 0) is 0 Å². The molecule has 0 saturated heterocycles. The van der Waals surface area contributed by atoms with Crippen LogP contribution in [0.4, 0.5) is 0 Å². The van der Waals surface area contributed by atoms with Gasteiger partial charge in [-0.25, -0.2) is 0 Å². The van der Waals surface area contributed by atoms with Crippen molar-refractivity contribution in [3.8, 4) is 0 Å². The third-order valence-electron chi connectivity index (χ3n) is 4.08. The minimum atomic E-state index is -0.316. The van der Waals surface area contributed by atoms with Crippen LogP contribution in [0.1, 0.15) is 36.2 Å². The first kappa shape index (κ1) is 15.1. The smallest absolute Gasteiger partial charge is 0.267 e. The molecule has 22 heavy (non-hydrogen) atoms. The van der Waals surface area contributed by atoms with Gasteiger partial charge in [-0.1, -0.05) is 17.7 Å². The standard InChI is InChI=1S/C16H18ClN3O2/c17-11-3-2-10-8-13(20-14(21)12(10)9-11)15(22)19-7-1-4-16(18)5-6-16/h2-3,8-9H,1,4-7,18H2,(H,19,22)(H,20,21). The number of halogens is 1. The van der Waals surface area contributed by atoms with Gasteiger partial charge in [0, 0.05) is 22.5 Å². The molecule has 0 bridgehead atoms. The summed E-state index contributed by atoms with van der Waals surface area (Å²) in [6.45, 7) is 0.554. The highest BCUT2D eigenvalue weighted by atomic mass is 35.5. The second kappa shape index (κ2) is 5.74. The van der Waals surface area contributed by atoms with E-state index in [1.807, 2.05) is 0 Å². The number of aromatic amines is 1. The number of rotatable bonds is 5. The van der Waals surface area contributed by atoms with E-state index in [9.17, 15) is 9.59 Å². The lowest BCUT2D eigenvalue weighted by atomic mass is 10.1. The molecule has 6 heteroatoms. The number of carbonyl (C=O) groups is 1. The van der Waals surface area contributed by atoms with Gasteiger partial charge in [-0.15, -0.1) is 0 Å². The second-order valence-electron chi connectivity index (χ2n) is 5.97. The van der Waals surface area contributed by atoms with Gasteiger partial charge in [0.15, 0.2) is 0 Å². The molecule has 116 valence electrons. The van der Waals surface area contributed by atoms with E-state index in [2.05, 4.69) is 10.3 Å². The highest BCUT2D eigenvalue weighted by Crippen LogP contribution is 2.36. The molecule has 1 amide bonds. The van der Waals surface area contributed by atoms with Gasteiger partial charge in [0.2, 0.25) is 0 Å². The number of pyridine rings is 1. The zero-order chi connectivity index (χ0) is 15.7. The molecule has 1 heterocycles. The third kappa shape index (κ3) is 3.31. The summed E-state index contributed by atoms with van der Waals surface area (Å²) in [6.07, 6.45) is 3.90. The van der Waals surface area contributed by atoms with E-state index >= 15 is 0 Å². The Bertz CT molecular complexity index is 781. The predicted molar refractivity (Wildman–Crippen MR) is 87.3 cm³/mol. The molecule has 2 aromatic rings. The fourth-order valence-corrected chi connectivity index (χ4v) is 2.67. The molecule has 0 unspecified atom stereocenters. The molecule has 0 aliphatic heterocycles. The molecule has 1 aromatic heterocycles. The van der Waals surface area contributed by atoms with Gasteiger partial charge in [0.05, 0.1) is 0 Å². The maximum atomic E-state index is 12.1. The largest absolute Gasteiger partial charge is 0.351 e. The van der Waals surface area contributed by atoms with E-state index in [0.29, 0.717) is 22.3 Å². The normalized spacial score (nSPS) is 15.7. The van der Waals surface area contributed by atoms with Crippen molar-refractivity contribution >= 4 is 28.3 Å². The molecular weight excluding hydrogens is 302 g/mol. The zero-order valence-electron chi connectivity index (χ0n) is 12.1. The SMILES string of the molecule is NC1(CCCNC(=O)c2cc3ccc(Cl)cc3c(=O)[nH]2)CC1. The predicted octanol–water partition coefficient (Wildman–Crippen LogP) is 2.18. The average Bonchev–Trinajstić information content (AvgIpc) is 3.22. The third-order valence-corrected chi connectivity index (χ3v) is 4.32. The van der Waals surface area contributed by atoms with Crippen LogP contribution < -0.4 is 16.6 Å². The average molecular weight is 320 g/mol. The van der Waals surface area contributed by atoms with Crippen molar-refractivity contribution in [2.45, 2.75) is 31.2 Å². The summed E-state index contributed by atoms with van der Waals surface area (Å²) in [5.74, 6) is -0.282. The van der Waals surface area contributed by atoms with E-state index in [1.54, 1.807) is 24.3 Å². The molecule has 0 radical (unpaired) electrons. The van der Waals surface area contributed by atoms with E-state index in [-0.39, 0.29) is 22.7 Å². The van der Waals surface area contributed by atoms with Crippen LogP contribution in [0.5, 0.6) is 0 Å². The number of nitrogens with one attached hydrogen (secondary N) is 2. The van der Waals surface area contributed by atoms with Crippen LogP contribution in [0.3, 0.4) is 0 Å². The van der Waals surface area contributed by atoms with Crippen molar-refractivity contribution in [1.82, 2.24) is 10.3 Å². The van der Waals surface area contributed by atoms with Gasteiger partial charge < -0.3 is 16.0 Å². The quantitative estimate of drug-likeness (QED) is 0.738. The Balaban J connectivity index is 1.68. The molecule has 5 nitrogen and oxygen atoms in total. The first-order chi connectivity index (χ1) is 10.5. The Hall–Kier alpha value is -1.85. The summed E-state index contributed by atoms with van der Waals surface area (Å²) in [7, 11) is 0. The van der Waals surface area contributed by atoms with Gasteiger partial charge in [0.1, 0.15) is 5.69 Å². The zero-order valence-corrected chi connectivity index (χ0v) is 12.9. The van der Waals surface area contributed by atoms with Crippen molar-refractivity contribution < 1.29 is 4.79 Å². The highest BCUT2D eigenvalue weighted by molar-refractivity contribution is 6.31. The number of hydrogen-bond acceptors (Lipinski definition) is 3. The van der Waals surface area contributed by atoms with E-state index in [0.717, 1.165) is 25.7 Å². The molecule has 1 fully saturated rings. The van der Waals surface area contributed by atoms with Crippen LogP contribution in [0.25, 0.3) is 10.8 Å². The Morgan fingerprint density at radius 1 is 1.36 bits per heavy atom. The second-order valence-corrected chi connectivity index (χ2v) is 6.40. The highest BCUT2D eigenvalue weighted by Gasteiger charge is 2.36. The van der Waals surface area contributed by atoms with Crippen molar-refractivity contribution in [2.75, 3.05) is 6.54 Å². The summed E-state index contributed by atoms with van der Waals surface area (Å²) in [4.78, 5) is 26.7. The lowest BCUT2D eigenvalue weighted by molar-refractivity contribution is 0.0947. The Morgan fingerprint density at radius 2 is 2.14 bits per heavy atom. The summed E-state index contributed by atoms with van der Waals surface area (Å²) in [5, 5.41) is 4.47. The van der Waals surface area contributed by atoms with Crippen molar-refractivity contribution in [1.29, 1.82) is 0 Å². The number of carbonyl (C=O) groups excluding carboxylic acids is 1. The molecule has 1 aliphatic carbocycles. The number of hydrogen-bond donors (Lipinski definition) is 3. The Labute approximate surface area is 132 Å². The van der Waals surface area contributed by atoms with Crippen LogP contribution in [0.2, 0.25) is 5.02 Å². The minimum Gasteiger partial charge on any atom is -0.351 e. The van der Waals surface area contributed by atoms with Crippen molar-refractivity contribution in [3.63, 3.8) is 0 Å². The van der Waals surface area contributed by atoms with Crippen molar-refractivity contribution in [2.24, 2.45) is 5.73 Å². The number of amides is 1. The van der Waals surface area contributed by atoms with Gasteiger partial charge in [-0.3, -0.25) is 9.59 Å².